The molecule has 1 amide bonds. The highest BCUT2D eigenvalue weighted by molar-refractivity contribution is 7.99. The van der Waals surface area contributed by atoms with Crippen molar-refractivity contribution in [2.75, 3.05) is 12.3 Å². The van der Waals surface area contributed by atoms with Crippen LogP contribution >= 0.6 is 11.8 Å². The number of hydrogen-bond donors (Lipinski definition) is 1. The molecule has 0 aliphatic carbocycles. The third-order valence-corrected chi connectivity index (χ3v) is 6.67. The van der Waals surface area contributed by atoms with Crippen molar-refractivity contribution in [1.29, 1.82) is 0 Å². The Morgan fingerprint density at radius 1 is 0.767 bits per heavy atom. The zero-order valence-corrected chi connectivity index (χ0v) is 20.3. The van der Waals surface area contributed by atoms with Crippen LogP contribution < -0.4 is 5.32 Å². The second-order valence-electron chi connectivity index (χ2n) is 8.43. The average molecular weight is 435 g/mol. The summed E-state index contributed by atoms with van der Waals surface area (Å²) in [6, 6.07) is 4.06. The zero-order chi connectivity index (χ0) is 21.5. The van der Waals surface area contributed by atoms with Gasteiger partial charge in [-0.05, 0) is 30.7 Å². The molecule has 0 fully saturated rings. The molecule has 0 aliphatic heterocycles. The van der Waals surface area contributed by atoms with Crippen LogP contribution in [-0.2, 0) is 4.79 Å². The Kier molecular flexibility index (Phi) is 19.1. The van der Waals surface area contributed by atoms with Crippen LogP contribution in [0.15, 0.2) is 29.4 Å². The molecule has 3 nitrogen and oxygen atoms in total. The van der Waals surface area contributed by atoms with Gasteiger partial charge in [-0.25, -0.2) is 0 Å². The summed E-state index contributed by atoms with van der Waals surface area (Å²) in [5, 5.41) is 3.05. The zero-order valence-electron chi connectivity index (χ0n) is 19.5. The molecule has 0 saturated heterocycles. The van der Waals surface area contributed by atoms with Gasteiger partial charge in [0.2, 0.25) is 5.91 Å². The third kappa shape index (κ3) is 17.8. The summed E-state index contributed by atoms with van der Waals surface area (Å²) in [6.45, 7) is 3.07. The molecule has 1 aromatic rings. The first-order valence-corrected chi connectivity index (χ1v) is 13.6. The van der Waals surface area contributed by atoms with Gasteiger partial charge in [0.25, 0.3) is 0 Å². The maximum atomic E-state index is 11.9. The van der Waals surface area contributed by atoms with Crippen molar-refractivity contribution in [3.63, 3.8) is 0 Å². The van der Waals surface area contributed by atoms with Crippen LogP contribution in [0, 0.1) is 0 Å². The van der Waals surface area contributed by atoms with Gasteiger partial charge in [-0.1, -0.05) is 96.8 Å². The number of hydrogen-bond acceptors (Lipinski definition) is 3. The SMILES string of the molecule is CCCCCCCCCCCCCCCCCC(=O)NCCCSc1ccncc1. The Labute approximate surface area is 190 Å². The summed E-state index contributed by atoms with van der Waals surface area (Å²) < 4.78 is 0. The highest BCUT2D eigenvalue weighted by Crippen LogP contribution is 2.16. The number of unbranched alkanes of at least 4 members (excludes halogenated alkanes) is 14. The number of pyridine rings is 1. The number of carbonyl (C=O) groups is 1. The van der Waals surface area contributed by atoms with Gasteiger partial charge >= 0.3 is 0 Å². The number of amides is 1. The van der Waals surface area contributed by atoms with Crippen LogP contribution in [0.5, 0.6) is 0 Å². The van der Waals surface area contributed by atoms with E-state index in [9.17, 15) is 4.79 Å². The minimum atomic E-state index is 0.221. The third-order valence-electron chi connectivity index (χ3n) is 5.57. The molecule has 0 bridgehead atoms. The molecule has 0 aromatic carbocycles. The standard InChI is InChI=1S/C26H46N2OS/c1-2-3-4-5-6-7-8-9-10-11-12-13-14-15-16-18-26(29)28-21-17-24-30-25-19-22-27-23-20-25/h19-20,22-23H,2-18,21,24H2,1H3,(H,28,29). The van der Waals surface area contributed by atoms with Crippen molar-refractivity contribution < 1.29 is 4.79 Å². The van der Waals surface area contributed by atoms with Crippen LogP contribution in [-0.4, -0.2) is 23.2 Å². The molecule has 30 heavy (non-hydrogen) atoms. The summed E-state index contributed by atoms with van der Waals surface area (Å²) in [6.07, 6.45) is 25.8. The van der Waals surface area contributed by atoms with Gasteiger partial charge in [-0.15, -0.1) is 11.8 Å². The van der Waals surface area contributed by atoms with Crippen molar-refractivity contribution in [2.45, 2.75) is 121 Å². The molecule has 0 radical (unpaired) electrons. The molecule has 1 heterocycles. The quantitative estimate of drug-likeness (QED) is 0.158. The molecule has 4 heteroatoms. The molecular formula is C26H46N2OS. The molecule has 1 rings (SSSR count). The maximum Gasteiger partial charge on any atom is 0.219 e. The summed E-state index contributed by atoms with van der Waals surface area (Å²) >= 11 is 1.82. The largest absolute Gasteiger partial charge is 0.356 e. The Balaban J connectivity index is 1.74. The lowest BCUT2D eigenvalue weighted by Crippen LogP contribution is -2.24. The monoisotopic (exact) mass is 434 g/mol. The van der Waals surface area contributed by atoms with Crippen molar-refractivity contribution in [3.05, 3.63) is 24.5 Å². The van der Waals surface area contributed by atoms with Gasteiger partial charge in [0.05, 0.1) is 0 Å². The summed E-state index contributed by atoms with van der Waals surface area (Å²) in [4.78, 5) is 17.2. The molecule has 0 saturated carbocycles. The number of nitrogens with zero attached hydrogens (tertiary/aromatic N) is 1. The molecule has 0 atom stereocenters. The van der Waals surface area contributed by atoms with Gasteiger partial charge in [0.1, 0.15) is 0 Å². The Morgan fingerprint density at radius 3 is 1.80 bits per heavy atom. The van der Waals surface area contributed by atoms with E-state index in [-0.39, 0.29) is 5.91 Å². The van der Waals surface area contributed by atoms with E-state index >= 15 is 0 Å². The van der Waals surface area contributed by atoms with Crippen LogP contribution in [0.4, 0.5) is 0 Å². The summed E-state index contributed by atoms with van der Waals surface area (Å²) in [5.74, 6) is 1.25. The van der Waals surface area contributed by atoms with E-state index in [1.54, 1.807) is 0 Å². The summed E-state index contributed by atoms with van der Waals surface area (Å²) in [7, 11) is 0. The summed E-state index contributed by atoms with van der Waals surface area (Å²) in [5.41, 5.74) is 0. The lowest BCUT2D eigenvalue weighted by molar-refractivity contribution is -0.121. The first kappa shape index (κ1) is 27.0. The Morgan fingerprint density at radius 2 is 1.27 bits per heavy atom. The average Bonchev–Trinajstić information content (AvgIpc) is 2.77. The topological polar surface area (TPSA) is 42.0 Å². The maximum absolute atomic E-state index is 11.9. The van der Waals surface area contributed by atoms with E-state index < -0.39 is 0 Å². The molecule has 1 N–H and O–H groups in total. The lowest BCUT2D eigenvalue weighted by atomic mass is 10.0. The number of thioether (sulfide) groups is 1. The van der Waals surface area contributed by atoms with Crippen LogP contribution in [0.2, 0.25) is 0 Å². The lowest BCUT2D eigenvalue weighted by Gasteiger charge is -2.06. The van der Waals surface area contributed by atoms with Gasteiger partial charge in [0, 0.05) is 30.3 Å². The van der Waals surface area contributed by atoms with Crippen molar-refractivity contribution in [2.24, 2.45) is 0 Å². The van der Waals surface area contributed by atoms with E-state index in [1.807, 2.05) is 36.3 Å². The van der Waals surface area contributed by atoms with Gasteiger partial charge in [-0.2, -0.15) is 0 Å². The highest BCUT2D eigenvalue weighted by Gasteiger charge is 2.01. The minimum absolute atomic E-state index is 0.221. The first-order chi connectivity index (χ1) is 14.8. The van der Waals surface area contributed by atoms with Crippen molar-refractivity contribution >= 4 is 17.7 Å². The van der Waals surface area contributed by atoms with E-state index in [2.05, 4.69) is 17.2 Å². The highest BCUT2D eigenvalue weighted by atomic mass is 32.2. The van der Waals surface area contributed by atoms with Crippen molar-refractivity contribution in [1.82, 2.24) is 10.3 Å². The predicted octanol–water partition coefficient (Wildman–Crippen LogP) is 7.94. The molecule has 0 aliphatic rings. The van der Waals surface area contributed by atoms with E-state index in [4.69, 9.17) is 0 Å². The molecular weight excluding hydrogens is 388 g/mol. The Bertz CT molecular complexity index is 495. The number of rotatable bonds is 21. The molecule has 0 spiro atoms. The van der Waals surface area contributed by atoms with E-state index in [0.29, 0.717) is 6.42 Å². The normalized spacial score (nSPS) is 11.0. The second kappa shape index (κ2) is 21.2. The predicted molar refractivity (Wildman–Crippen MR) is 132 cm³/mol. The van der Waals surface area contributed by atoms with Crippen molar-refractivity contribution in [3.8, 4) is 0 Å². The van der Waals surface area contributed by atoms with Crippen LogP contribution in [0.1, 0.15) is 116 Å². The molecule has 1 aromatic heterocycles. The van der Waals surface area contributed by atoms with Gasteiger partial charge in [0.15, 0.2) is 0 Å². The first-order valence-electron chi connectivity index (χ1n) is 12.6. The fourth-order valence-corrected chi connectivity index (χ4v) is 4.51. The number of carbonyl (C=O) groups excluding carboxylic acids is 1. The van der Waals surface area contributed by atoms with Crippen LogP contribution in [0.25, 0.3) is 0 Å². The second-order valence-corrected chi connectivity index (χ2v) is 9.60. The molecule has 0 unspecified atom stereocenters. The fourth-order valence-electron chi connectivity index (χ4n) is 3.67. The Hall–Kier alpha value is -1.03. The fraction of sp³-hybridized carbons (Fsp3) is 0.769. The van der Waals surface area contributed by atoms with Gasteiger partial charge in [-0.3, -0.25) is 9.78 Å². The number of aromatic nitrogens is 1. The van der Waals surface area contributed by atoms with Gasteiger partial charge < -0.3 is 5.32 Å². The van der Waals surface area contributed by atoms with E-state index in [1.165, 1.54) is 94.8 Å². The van der Waals surface area contributed by atoms with E-state index in [0.717, 1.165) is 25.1 Å². The number of nitrogens with one attached hydrogen (secondary N) is 1. The minimum Gasteiger partial charge on any atom is -0.356 e. The molecule has 172 valence electrons. The van der Waals surface area contributed by atoms with Crippen LogP contribution in [0.3, 0.4) is 0 Å². The smallest absolute Gasteiger partial charge is 0.219 e.